The zero-order valence-electron chi connectivity index (χ0n) is 12.0. The van der Waals surface area contributed by atoms with Crippen molar-refractivity contribution in [3.8, 4) is 11.5 Å². The lowest BCUT2D eigenvalue weighted by molar-refractivity contribution is -0.384. The van der Waals surface area contributed by atoms with Crippen LogP contribution in [-0.2, 0) is 6.42 Å². The van der Waals surface area contributed by atoms with E-state index in [0.717, 1.165) is 17.7 Å². The van der Waals surface area contributed by atoms with E-state index in [1.165, 1.54) is 18.2 Å². The predicted octanol–water partition coefficient (Wildman–Crippen LogP) is 3.44. The largest absolute Gasteiger partial charge is 0.493 e. The Morgan fingerprint density at radius 1 is 1.30 bits per heavy atom. The van der Waals surface area contributed by atoms with Crippen LogP contribution >= 0.6 is 11.6 Å². The summed E-state index contributed by atoms with van der Waals surface area (Å²) in [5, 5.41) is 10.7. The fourth-order valence-electron chi connectivity index (χ4n) is 2.31. The summed E-state index contributed by atoms with van der Waals surface area (Å²) in [6.45, 7) is 0.430. The number of fused-ring (bicyclic) bond motifs is 1. The lowest BCUT2D eigenvalue weighted by Crippen LogP contribution is -2.12. The maximum atomic E-state index is 12.2. The number of nitrogens with zero attached hydrogens (tertiary/aromatic N) is 1. The van der Waals surface area contributed by atoms with E-state index in [9.17, 15) is 14.9 Å². The Kier molecular flexibility index (Phi) is 4.16. The van der Waals surface area contributed by atoms with Crippen molar-refractivity contribution < 1.29 is 19.2 Å². The van der Waals surface area contributed by atoms with Gasteiger partial charge in [0.2, 0.25) is 0 Å². The van der Waals surface area contributed by atoms with Crippen LogP contribution in [0.4, 0.5) is 5.69 Å². The highest BCUT2D eigenvalue weighted by atomic mass is 35.5. The summed E-state index contributed by atoms with van der Waals surface area (Å²) in [7, 11) is 0. The van der Waals surface area contributed by atoms with Crippen LogP contribution in [0.1, 0.15) is 15.9 Å². The van der Waals surface area contributed by atoms with Gasteiger partial charge in [-0.1, -0.05) is 11.6 Å². The Hall–Kier alpha value is -2.60. The highest BCUT2D eigenvalue weighted by molar-refractivity contribution is 6.32. The topological polar surface area (TPSA) is 78.7 Å². The van der Waals surface area contributed by atoms with Crippen molar-refractivity contribution in [2.45, 2.75) is 6.42 Å². The predicted molar refractivity (Wildman–Crippen MR) is 83.6 cm³/mol. The third-order valence-electron chi connectivity index (χ3n) is 3.50. The number of hydrogen-bond acceptors (Lipinski definition) is 5. The lowest BCUT2D eigenvalue weighted by Gasteiger charge is -2.08. The summed E-state index contributed by atoms with van der Waals surface area (Å²) in [5.41, 5.74) is 1.41. The van der Waals surface area contributed by atoms with Crippen molar-refractivity contribution in [1.29, 1.82) is 0 Å². The van der Waals surface area contributed by atoms with Crippen molar-refractivity contribution in [1.82, 2.24) is 0 Å². The van der Waals surface area contributed by atoms with Crippen molar-refractivity contribution in [2.24, 2.45) is 0 Å². The molecule has 1 aliphatic rings. The Morgan fingerprint density at radius 2 is 2.13 bits per heavy atom. The van der Waals surface area contributed by atoms with Gasteiger partial charge in [0.1, 0.15) is 11.5 Å². The van der Waals surface area contributed by atoms with Gasteiger partial charge < -0.3 is 9.47 Å². The molecular formula is C16H12ClNO5. The van der Waals surface area contributed by atoms with Crippen LogP contribution in [0, 0.1) is 10.1 Å². The van der Waals surface area contributed by atoms with Gasteiger partial charge in [0.15, 0.2) is 12.4 Å². The maximum Gasteiger partial charge on any atom is 0.271 e. The van der Waals surface area contributed by atoms with Gasteiger partial charge in [-0.05, 0) is 29.8 Å². The van der Waals surface area contributed by atoms with E-state index >= 15 is 0 Å². The van der Waals surface area contributed by atoms with Gasteiger partial charge in [0, 0.05) is 24.1 Å². The zero-order chi connectivity index (χ0) is 16.4. The van der Waals surface area contributed by atoms with Gasteiger partial charge in [0.25, 0.3) is 5.69 Å². The van der Waals surface area contributed by atoms with Crippen LogP contribution in [0.15, 0.2) is 36.4 Å². The molecule has 0 spiro atoms. The van der Waals surface area contributed by atoms with Crippen LogP contribution in [-0.4, -0.2) is 23.9 Å². The van der Waals surface area contributed by atoms with E-state index in [4.69, 9.17) is 21.1 Å². The van der Waals surface area contributed by atoms with E-state index in [-0.39, 0.29) is 28.8 Å². The van der Waals surface area contributed by atoms with Gasteiger partial charge in [0.05, 0.1) is 16.6 Å². The third kappa shape index (κ3) is 3.27. The van der Waals surface area contributed by atoms with Crippen molar-refractivity contribution in [3.05, 3.63) is 62.7 Å². The first kappa shape index (κ1) is 15.3. The molecule has 23 heavy (non-hydrogen) atoms. The summed E-state index contributed by atoms with van der Waals surface area (Å²) in [6, 6.07) is 9.10. The SMILES string of the molecule is O=C(COc1ccc([N+](=O)[O-])cc1Cl)c1ccc2c(c1)CCO2. The van der Waals surface area contributed by atoms with Crippen LogP contribution in [0.2, 0.25) is 5.02 Å². The van der Waals surface area contributed by atoms with Crippen LogP contribution in [0.25, 0.3) is 0 Å². The molecule has 6 nitrogen and oxygen atoms in total. The fraction of sp³-hybridized carbons (Fsp3) is 0.188. The molecule has 0 N–H and O–H groups in total. The standard InChI is InChI=1S/C16H12ClNO5/c17-13-8-12(18(20)21)2-4-16(13)23-9-14(19)10-1-3-15-11(7-10)5-6-22-15/h1-4,7-8H,5-6,9H2. The molecule has 0 unspecified atom stereocenters. The van der Waals surface area contributed by atoms with E-state index in [0.29, 0.717) is 12.2 Å². The number of ether oxygens (including phenoxy) is 2. The van der Waals surface area contributed by atoms with Crippen LogP contribution in [0.5, 0.6) is 11.5 Å². The number of benzene rings is 2. The number of ketones is 1. The number of nitro groups is 1. The number of Topliss-reactive ketones (excluding diaryl/α,β-unsaturated/α-hetero) is 1. The van der Waals surface area contributed by atoms with Crippen molar-refractivity contribution in [2.75, 3.05) is 13.2 Å². The molecule has 0 radical (unpaired) electrons. The summed E-state index contributed by atoms with van der Waals surface area (Å²) in [4.78, 5) is 22.3. The Bertz CT molecular complexity index is 790. The van der Waals surface area contributed by atoms with Crippen molar-refractivity contribution >= 4 is 23.1 Å². The minimum absolute atomic E-state index is 0.0920. The minimum atomic E-state index is -0.548. The molecule has 0 amide bonds. The maximum absolute atomic E-state index is 12.2. The van der Waals surface area contributed by atoms with E-state index in [1.807, 2.05) is 0 Å². The Morgan fingerprint density at radius 3 is 2.87 bits per heavy atom. The first-order chi connectivity index (χ1) is 11.0. The summed E-state index contributed by atoms with van der Waals surface area (Å²) in [6.07, 6.45) is 0.783. The number of rotatable bonds is 5. The molecule has 0 saturated heterocycles. The fourth-order valence-corrected chi connectivity index (χ4v) is 2.54. The molecule has 0 saturated carbocycles. The van der Waals surface area contributed by atoms with E-state index in [2.05, 4.69) is 0 Å². The molecule has 2 aromatic carbocycles. The molecule has 1 aliphatic heterocycles. The summed E-state index contributed by atoms with van der Waals surface area (Å²) < 4.78 is 10.8. The second-order valence-electron chi connectivity index (χ2n) is 5.00. The number of non-ortho nitro benzene ring substituents is 1. The number of halogens is 1. The van der Waals surface area contributed by atoms with Crippen LogP contribution < -0.4 is 9.47 Å². The number of carbonyl (C=O) groups excluding carboxylic acids is 1. The summed E-state index contributed by atoms with van der Waals surface area (Å²) >= 11 is 5.92. The average Bonchev–Trinajstić information content (AvgIpc) is 3.00. The van der Waals surface area contributed by atoms with E-state index in [1.54, 1.807) is 18.2 Å². The third-order valence-corrected chi connectivity index (χ3v) is 3.79. The van der Waals surface area contributed by atoms with Gasteiger partial charge in [-0.3, -0.25) is 14.9 Å². The molecular weight excluding hydrogens is 322 g/mol. The quantitative estimate of drug-likeness (QED) is 0.475. The molecule has 0 fully saturated rings. The Labute approximate surface area is 136 Å². The smallest absolute Gasteiger partial charge is 0.271 e. The monoisotopic (exact) mass is 333 g/mol. The van der Waals surface area contributed by atoms with Crippen molar-refractivity contribution in [3.63, 3.8) is 0 Å². The first-order valence-electron chi connectivity index (χ1n) is 6.90. The number of hydrogen-bond donors (Lipinski definition) is 0. The molecule has 3 rings (SSSR count). The highest BCUT2D eigenvalue weighted by Crippen LogP contribution is 2.29. The zero-order valence-corrected chi connectivity index (χ0v) is 12.7. The average molecular weight is 334 g/mol. The highest BCUT2D eigenvalue weighted by Gasteiger charge is 2.16. The second-order valence-corrected chi connectivity index (χ2v) is 5.41. The van der Waals surface area contributed by atoms with Gasteiger partial charge in [-0.15, -0.1) is 0 Å². The lowest BCUT2D eigenvalue weighted by atomic mass is 10.1. The van der Waals surface area contributed by atoms with Crippen LogP contribution in [0.3, 0.4) is 0 Å². The number of carbonyl (C=O) groups is 1. The molecule has 0 atom stereocenters. The molecule has 7 heteroatoms. The van der Waals surface area contributed by atoms with Gasteiger partial charge in [-0.25, -0.2) is 0 Å². The molecule has 2 aromatic rings. The molecule has 0 bridgehead atoms. The molecule has 1 heterocycles. The number of nitro benzene ring substituents is 1. The summed E-state index contributed by atoms with van der Waals surface area (Å²) in [5.74, 6) is 0.838. The minimum Gasteiger partial charge on any atom is -0.493 e. The second kappa shape index (κ2) is 6.26. The molecule has 0 aromatic heterocycles. The van der Waals surface area contributed by atoms with Gasteiger partial charge >= 0.3 is 0 Å². The Balaban J connectivity index is 1.68. The first-order valence-corrected chi connectivity index (χ1v) is 7.28. The van der Waals surface area contributed by atoms with Gasteiger partial charge in [-0.2, -0.15) is 0 Å². The molecule has 0 aliphatic carbocycles. The normalized spacial score (nSPS) is 12.4. The molecule has 118 valence electrons. The van der Waals surface area contributed by atoms with E-state index < -0.39 is 4.92 Å².